The minimum Gasteiger partial charge on any atom is -0.344 e. The molecular formula is C21H19ClN2O3S. The zero-order chi connectivity index (χ0) is 20.0. The molecule has 144 valence electrons. The highest BCUT2D eigenvalue weighted by molar-refractivity contribution is 7.91. The third-order valence-corrected chi connectivity index (χ3v) is 6.18. The first-order chi connectivity index (χ1) is 13.5. The van der Waals surface area contributed by atoms with Crippen LogP contribution in [0.25, 0.3) is 0 Å². The van der Waals surface area contributed by atoms with E-state index in [0.717, 1.165) is 5.56 Å². The topological polar surface area (TPSA) is 76.1 Å². The highest BCUT2D eigenvalue weighted by Crippen LogP contribution is 2.21. The Morgan fingerprint density at radius 2 is 1.64 bits per heavy atom. The molecule has 0 aliphatic heterocycles. The average molecular weight is 415 g/mol. The van der Waals surface area contributed by atoms with Gasteiger partial charge in [0.25, 0.3) is 0 Å². The van der Waals surface area contributed by atoms with Gasteiger partial charge >= 0.3 is 0 Å². The normalized spacial score (nSPS) is 12.3. The molecule has 1 heterocycles. The number of rotatable bonds is 7. The molecule has 28 heavy (non-hydrogen) atoms. The van der Waals surface area contributed by atoms with Crippen LogP contribution in [0.1, 0.15) is 23.7 Å². The first-order valence-corrected chi connectivity index (χ1v) is 10.7. The molecule has 0 bridgehead atoms. The Balaban J connectivity index is 1.71. The fraction of sp³-hybridized carbons (Fsp3) is 0.143. The Kier molecular flexibility index (Phi) is 6.44. The molecule has 1 N–H and O–H groups in total. The maximum Gasteiger partial charge on any atom is 0.221 e. The standard InChI is InChI=1S/C21H19ClN2O3S/c22-17-9-11-18(12-10-17)28(26,27)15-13-20(25)24-21(16-6-2-1-3-7-16)19-8-4-5-14-23-19/h1-12,14,21H,13,15H2,(H,24,25). The number of nitrogens with zero attached hydrogens (tertiary/aromatic N) is 1. The summed E-state index contributed by atoms with van der Waals surface area (Å²) in [5.41, 5.74) is 1.55. The van der Waals surface area contributed by atoms with Crippen LogP contribution in [0, 0.1) is 0 Å². The van der Waals surface area contributed by atoms with E-state index in [1.165, 1.54) is 24.3 Å². The molecule has 5 nitrogen and oxygen atoms in total. The Hall–Kier alpha value is -2.70. The van der Waals surface area contributed by atoms with Gasteiger partial charge in [-0.1, -0.05) is 48.0 Å². The number of pyridine rings is 1. The summed E-state index contributed by atoms with van der Waals surface area (Å²) in [7, 11) is -3.57. The molecule has 1 atom stereocenters. The summed E-state index contributed by atoms with van der Waals surface area (Å²) < 4.78 is 24.9. The molecule has 3 rings (SSSR count). The summed E-state index contributed by atoms with van der Waals surface area (Å²) >= 11 is 5.80. The Morgan fingerprint density at radius 1 is 0.964 bits per heavy atom. The van der Waals surface area contributed by atoms with Crippen LogP contribution in [0.3, 0.4) is 0 Å². The Morgan fingerprint density at radius 3 is 2.29 bits per heavy atom. The zero-order valence-electron chi connectivity index (χ0n) is 15.0. The summed E-state index contributed by atoms with van der Waals surface area (Å²) in [4.78, 5) is 17.0. The third kappa shape index (κ3) is 5.18. The molecule has 1 aromatic heterocycles. The molecular weight excluding hydrogens is 396 g/mol. The first-order valence-electron chi connectivity index (χ1n) is 8.69. The van der Waals surface area contributed by atoms with Crippen molar-refractivity contribution in [3.8, 4) is 0 Å². The van der Waals surface area contributed by atoms with Gasteiger partial charge in [-0.05, 0) is 42.0 Å². The number of hydrogen-bond acceptors (Lipinski definition) is 4. The molecule has 0 spiro atoms. The monoisotopic (exact) mass is 414 g/mol. The minimum absolute atomic E-state index is 0.147. The van der Waals surface area contributed by atoms with E-state index in [1.807, 2.05) is 42.5 Å². The van der Waals surface area contributed by atoms with Gasteiger partial charge in [0.05, 0.1) is 22.4 Å². The fourth-order valence-corrected chi connectivity index (χ4v) is 4.11. The molecule has 0 aliphatic carbocycles. The lowest BCUT2D eigenvalue weighted by Crippen LogP contribution is -2.31. The number of aromatic nitrogens is 1. The highest BCUT2D eigenvalue weighted by atomic mass is 35.5. The van der Waals surface area contributed by atoms with Gasteiger partial charge in [0.1, 0.15) is 0 Å². The van der Waals surface area contributed by atoms with E-state index in [4.69, 9.17) is 11.6 Å². The van der Waals surface area contributed by atoms with Gasteiger partial charge in [0.2, 0.25) is 5.91 Å². The lowest BCUT2D eigenvalue weighted by molar-refractivity contribution is -0.121. The highest BCUT2D eigenvalue weighted by Gasteiger charge is 2.21. The van der Waals surface area contributed by atoms with E-state index < -0.39 is 15.9 Å². The van der Waals surface area contributed by atoms with Crippen molar-refractivity contribution in [2.45, 2.75) is 17.4 Å². The van der Waals surface area contributed by atoms with Crippen LogP contribution in [0.5, 0.6) is 0 Å². The minimum atomic E-state index is -3.57. The number of benzene rings is 2. The molecule has 7 heteroatoms. The van der Waals surface area contributed by atoms with Crippen molar-refractivity contribution in [2.75, 3.05) is 5.75 Å². The van der Waals surface area contributed by atoms with Crippen LogP contribution in [0.15, 0.2) is 83.9 Å². The fourth-order valence-electron chi connectivity index (χ4n) is 2.74. The number of carbonyl (C=O) groups excluding carboxylic acids is 1. The van der Waals surface area contributed by atoms with E-state index in [1.54, 1.807) is 12.3 Å². The van der Waals surface area contributed by atoms with Crippen molar-refractivity contribution < 1.29 is 13.2 Å². The van der Waals surface area contributed by atoms with Crippen molar-refractivity contribution in [1.29, 1.82) is 0 Å². The predicted molar refractivity (Wildman–Crippen MR) is 109 cm³/mol. The maximum absolute atomic E-state index is 12.5. The van der Waals surface area contributed by atoms with Crippen LogP contribution >= 0.6 is 11.6 Å². The Labute approximate surface area is 169 Å². The summed E-state index contributed by atoms with van der Waals surface area (Å²) in [6.45, 7) is 0. The van der Waals surface area contributed by atoms with Crippen LogP contribution in [-0.4, -0.2) is 25.1 Å². The van der Waals surface area contributed by atoms with Gasteiger partial charge in [-0.25, -0.2) is 8.42 Å². The van der Waals surface area contributed by atoms with Gasteiger partial charge in [-0.15, -0.1) is 0 Å². The van der Waals surface area contributed by atoms with Crippen molar-refractivity contribution >= 4 is 27.3 Å². The largest absolute Gasteiger partial charge is 0.344 e. The predicted octanol–water partition coefficient (Wildman–Crippen LogP) is 3.80. The lowest BCUT2D eigenvalue weighted by atomic mass is 10.0. The first kappa shape index (κ1) is 20.0. The van der Waals surface area contributed by atoms with Crippen LogP contribution < -0.4 is 5.32 Å². The van der Waals surface area contributed by atoms with Crippen LogP contribution in [0.2, 0.25) is 5.02 Å². The van der Waals surface area contributed by atoms with Crippen molar-refractivity contribution in [3.63, 3.8) is 0 Å². The quantitative estimate of drug-likeness (QED) is 0.637. The summed E-state index contributed by atoms with van der Waals surface area (Å²) in [6, 6.07) is 20.4. The van der Waals surface area contributed by atoms with Crippen molar-refractivity contribution in [1.82, 2.24) is 10.3 Å². The van der Waals surface area contributed by atoms with Gasteiger partial charge in [0, 0.05) is 17.6 Å². The average Bonchev–Trinajstić information content (AvgIpc) is 2.72. The molecule has 0 radical (unpaired) electrons. The second-order valence-corrected chi connectivity index (χ2v) is 8.73. The molecule has 2 aromatic carbocycles. The molecule has 0 fully saturated rings. The van der Waals surface area contributed by atoms with Crippen molar-refractivity contribution in [3.05, 3.63) is 95.3 Å². The summed E-state index contributed by atoms with van der Waals surface area (Å²) in [5, 5.41) is 3.35. The molecule has 0 aliphatic rings. The van der Waals surface area contributed by atoms with E-state index >= 15 is 0 Å². The number of amides is 1. The van der Waals surface area contributed by atoms with Gasteiger partial charge in [0.15, 0.2) is 9.84 Å². The van der Waals surface area contributed by atoms with E-state index in [0.29, 0.717) is 10.7 Å². The number of hydrogen-bond donors (Lipinski definition) is 1. The second kappa shape index (κ2) is 8.99. The van der Waals surface area contributed by atoms with Crippen LogP contribution in [-0.2, 0) is 14.6 Å². The number of sulfone groups is 1. The number of halogens is 1. The third-order valence-electron chi connectivity index (χ3n) is 4.19. The zero-order valence-corrected chi connectivity index (χ0v) is 16.5. The number of carbonyl (C=O) groups is 1. The lowest BCUT2D eigenvalue weighted by Gasteiger charge is -2.19. The van der Waals surface area contributed by atoms with Crippen molar-refractivity contribution in [2.24, 2.45) is 0 Å². The molecule has 1 amide bonds. The van der Waals surface area contributed by atoms with Gasteiger partial charge in [-0.3, -0.25) is 9.78 Å². The van der Waals surface area contributed by atoms with E-state index in [-0.39, 0.29) is 23.0 Å². The second-order valence-electron chi connectivity index (χ2n) is 6.19. The molecule has 0 saturated carbocycles. The molecule has 1 unspecified atom stereocenters. The van der Waals surface area contributed by atoms with Gasteiger partial charge < -0.3 is 5.32 Å². The molecule has 3 aromatic rings. The van der Waals surface area contributed by atoms with E-state index in [9.17, 15) is 13.2 Å². The van der Waals surface area contributed by atoms with E-state index in [2.05, 4.69) is 10.3 Å². The maximum atomic E-state index is 12.5. The molecule has 0 saturated heterocycles. The summed E-state index contributed by atoms with van der Waals surface area (Å²) in [6.07, 6.45) is 1.50. The van der Waals surface area contributed by atoms with Crippen LogP contribution in [0.4, 0.5) is 0 Å². The van der Waals surface area contributed by atoms with Gasteiger partial charge in [-0.2, -0.15) is 0 Å². The number of nitrogens with one attached hydrogen (secondary N) is 1. The smallest absolute Gasteiger partial charge is 0.221 e. The SMILES string of the molecule is O=C(CCS(=O)(=O)c1ccc(Cl)cc1)NC(c1ccccc1)c1ccccn1. The summed E-state index contributed by atoms with van der Waals surface area (Å²) in [5.74, 6) is -0.651. The Bertz CT molecular complexity index is 985.